The summed E-state index contributed by atoms with van der Waals surface area (Å²) < 4.78 is 6.00. The van der Waals surface area contributed by atoms with Crippen LogP contribution in [0.5, 0.6) is 11.5 Å². The lowest BCUT2D eigenvalue weighted by atomic mass is 9.84. The number of aromatic nitrogens is 4. The summed E-state index contributed by atoms with van der Waals surface area (Å²) in [7, 11) is 2.21. The Hall–Kier alpha value is -3.53. The van der Waals surface area contributed by atoms with Crippen LogP contribution < -0.4 is 16.2 Å². The number of rotatable bonds is 6. The molecule has 2 aromatic heterocycles. The molecule has 1 saturated heterocycles. The predicted octanol–water partition coefficient (Wildman–Crippen LogP) is 4.13. The van der Waals surface area contributed by atoms with Gasteiger partial charge in [0.2, 0.25) is 0 Å². The zero-order valence-corrected chi connectivity index (χ0v) is 21.9. The second-order valence-electron chi connectivity index (χ2n) is 10.6. The molecule has 0 amide bonds. The van der Waals surface area contributed by atoms with Gasteiger partial charge in [0, 0.05) is 50.2 Å². The Morgan fingerprint density at radius 1 is 0.947 bits per heavy atom. The summed E-state index contributed by atoms with van der Waals surface area (Å²) in [6, 6.07) is 16.3. The van der Waals surface area contributed by atoms with E-state index in [1.165, 1.54) is 25.9 Å². The summed E-state index contributed by atoms with van der Waals surface area (Å²) in [5, 5.41) is 8.42. The van der Waals surface area contributed by atoms with E-state index in [0.717, 1.165) is 65.5 Å². The van der Waals surface area contributed by atoms with Gasteiger partial charge >= 0.3 is 0 Å². The molecule has 9 heteroatoms. The van der Waals surface area contributed by atoms with Gasteiger partial charge in [-0.2, -0.15) is 5.10 Å². The van der Waals surface area contributed by atoms with Crippen LogP contribution >= 0.6 is 0 Å². The predicted molar refractivity (Wildman–Crippen MR) is 150 cm³/mol. The molecule has 1 aliphatic heterocycles. The van der Waals surface area contributed by atoms with Crippen LogP contribution in [0.1, 0.15) is 43.0 Å². The summed E-state index contributed by atoms with van der Waals surface area (Å²) in [4.78, 5) is 14.7. The standard InChI is InChI=1S/C29H36N8O/c1-36-13-15-37(16-14-36)22-9-5-21(6-10-22)28-32-27(31)25-26(34-35-29(25)33-28)20-7-11-23(12-8-20)38-24-4-2-3-19(17-24)18-30/h2-4,7-8,11-12,17,21-22H,5-6,9-10,13-16,18,30H2,1H3,(H3,31,32,33,34,35)/t21-,22+. The van der Waals surface area contributed by atoms with E-state index < -0.39 is 0 Å². The van der Waals surface area contributed by atoms with Gasteiger partial charge in [0.15, 0.2) is 5.65 Å². The van der Waals surface area contributed by atoms with Gasteiger partial charge in [0.25, 0.3) is 0 Å². The van der Waals surface area contributed by atoms with Crippen molar-refractivity contribution in [3.63, 3.8) is 0 Å². The van der Waals surface area contributed by atoms with Gasteiger partial charge < -0.3 is 21.1 Å². The van der Waals surface area contributed by atoms with E-state index in [9.17, 15) is 0 Å². The third kappa shape index (κ3) is 5.09. The second kappa shape index (κ2) is 10.7. The summed E-state index contributed by atoms with van der Waals surface area (Å²) in [6.07, 6.45) is 4.57. The Morgan fingerprint density at radius 3 is 2.45 bits per heavy atom. The highest BCUT2D eigenvalue weighted by Gasteiger charge is 2.30. The number of nitrogens with one attached hydrogen (secondary N) is 1. The van der Waals surface area contributed by atoms with E-state index in [0.29, 0.717) is 30.0 Å². The molecule has 5 N–H and O–H groups in total. The Balaban J connectivity index is 1.15. The molecule has 3 heterocycles. The van der Waals surface area contributed by atoms with E-state index in [-0.39, 0.29) is 0 Å². The van der Waals surface area contributed by atoms with Crippen LogP contribution in [-0.4, -0.2) is 69.2 Å². The number of likely N-dealkylation sites (N-methyl/N-ethyl adjacent to an activating group) is 1. The first-order valence-corrected chi connectivity index (χ1v) is 13.6. The minimum Gasteiger partial charge on any atom is -0.457 e. The Kier molecular flexibility index (Phi) is 6.97. The first kappa shape index (κ1) is 24.8. The number of nitrogens with two attached hydrogens (primary N) is 2. The van der Waals surface area contributed by atoms with E-state index in [2.05, 4.69) is 27.0 Å². The number of hydrogen-bond acceptors (Lipinski definition) is 8. The monoisotopic (exact) mass is 512 g/mol. The topological polar surface area (TPSA) is 122 Å². The summed E-state index contributed by atoms with van der Waals surface area (Å²) in [5.74, 6) is 3.15. The first-order chi connectivity index (χ1) is 18.6. The van der Waals surface area contributed by atoms with Gasteiger partial charge in [-0.25, -0.2) is 9.97 Å². The number of fused-ring (bicyclic) bond motifs is 1. The van der Waals surface area contributed by atoms with E-state index in [1.54, 1.807) is 0 Å². The van der Waals surface area contributed by atoms with Crippen LogP contribution in [0.2, 0.25) is 0 Å². The maximum atomic E-state index is 6.50. The average molecular weight is 513 g/mol. The van der Waals surface area contributed by atoms with Crippen LogP contribution in [0.3, 0.4) is 0 Å². The highest BCUT2D eigenvalue weighted by Crippen LogP contribution is 2.36. The van der Waals surface area contributed by atoms with Gasteiger partial charge in [0.05, 0.1) is 5.39 Å². The molecular formula is C29H36N8O. The van der Waals surface area contributed by atoms with Crippen LogP contribution in [-0.2, 0) is 6.54 Å². The van der Waals surface area contributed by atoms with E-state index >= 15 is 0 Å². The molecular weight excluding hydrogens is 476 g/mol. The summed E-state index contributed by atoms with van der Waals surface area (Å²) in [5.41, 5.74) is 15.6. The number of nitrogen functional groups attached to an aromatic ring is 1. The number of H-pyrrole nitrogens is 1. The van der Waals surface area contributed by atoms with Crippen molar-refractivity contribution in [1.82, 2.24) is 30.0 Å². The van der Waals surface area contributed by atoms with Crippen LogP contribution in [0.15, 0.2) is 48.5 Å². The smallest absolute Gasteiger partial charge is 0.161 e. The quantitative estimate of drug-likeness (QED) is 0.353. The third-order valence-corrected chi connectivity index (χ3v) is 8.08. The number of ether oxygens (including phenoxy) is 1. The zero-order valence-electron chi connectivity index (χ0n) is 21.9. The molecule has 4 aromatic rings. The number of anilines is 1. The second-order valence-corrected chi connectivity index (χ2v) is 10.6. The molecule has 0 unspecified atom stereocenters. The van der Waals surface area contributed by atoms with Crippen molar-refractivity contribution in [2.45, 2.75) is 44.2 Å². The molecule has 38 heavy (non-hydrogen) atoms. The van der Waals surface area contributed by atoms with Gasteiger partial charge in [-0.3, -0.25) is 10.00 Å². The molecule has 198 valence electrons. The minimum atomic E-state index is 0.339. The molecule has 0 radical (unpaired) electrons. The Labute approximate surface area is 223 Å². The van der Waals surface area contributed by atoms with Crippen molar-refractivity contribution in [3.05, 3.63) is 59.9 Å². The van der Waals surface area contributed by atoms with Crippen LogP contribution in [0.4, 0.5) is 5.82 Å². The molecule has 0 bridgehead atoms. The molecule has 0 spiro atoms. The summed E-state index contributed by atoms with van der Waals surface area (Å²) in [6.45, 7) is 5.15. The highest BCUT2D eigenvalue weighted by molar-refractivity contribution is 5.98. The largest absolute Gasteiger partial charge is 0.457 e. The average Bonchev–Trinajstić information content (AvgIpc) is 3.39. The first-order valence-electron chi connectivity index (χ1n) is 13.6. The van der Waals surface area contributed by atoms with E-state index in [4.69, 9.17) is 26.2 Å². The lowest BCUT2D eigenvalue weighted by Gasteiger charge is -2.40. The lowest BCUT2D eigenvalue weighted by Crippen LogP contribution is -2.49. The number of nitrogens with zero attached hydrogens (tertiary/aromatic N) is 5. The number of benzene rings is 2. The maximum Gasteiger partial charge on any atom is 0.161 e. The van der Waals surface area contributed by atoms with Crippen molar-refractivity contribution >= 4 is 16.9 Å². The van der Waals surface area contributed by atoms with Crippen LogP contribution in [0.25, 0.3) is 22.3 Å². The van der Waals surface area contributed by atoms with Gasteiger partial charge in [-0.1, -0.05) is 12.1 Å². The van der Waals surface area contributed by atoms with E-state index in [1.807, 2.05) is 48.5 Å². The molecule has 1 saturated carbocycles. The Bertz CT molecular complexity index is 1390. The van der Waals surface area contributed by atoms with Crippen molar-refractivity contribution in [1.29, 1.82) is 0 Å². The van der Waals surface area contributed by atoms with Crippen molar-refractivity contribution in [2.75, 3.05) is 39.0 Å². The molecule has 0 atom stereocenters. The van der Waals surface area contributed by atoms with Crippen LogP contribution in [0, 0.1) is 0 Å². The molecule has 2 aromatic carbocycles. The number of aromatic amines is 1. The lowest BCUT2D eigenvalue weighted by molar-refractivity contribution is 0.0873. The molecule has 6 rings (SSSR count). The fourth-order valence-electron chi connectivity index (χ4n) is 5.81. The SMILES string of the molecule is CN1CCN([C@H]2CC[C@@H](c3nc(N)c4c(-c5ccc(Oc6cccc(CN)c6)cc5)n[nH]c4n3)CC2)CC1. The normalized spacial score (nSPS) is 21.1. The van der Waals surface area contributed by atoms with Crippen molar-refractivity contribution in [3.8, 4) is 22.8 Å². The Morgan fingerprint density at radius 2 is 1.71 bits per heavy atom. The fourth-order valence-corrected chi connectivity index (χ4v) is 5.81. The number of piperazine rings is 1. The summed E-state index contributed by atoms with van der Waals surface area (Å²) >= 11 is 0. The van der Waals surface area contributed by atoms with Gasteiger partial charge in [-0.05, 0) is 74.7 Å². The minimum absolute atomic E-state index is 0.339. The third-order valence-electron chi connectivity index (χ3n) is 8.08. The highest BCUT2D eigenvalue weighted by atomic mass is 16.5. The molecule has 9 nitrogen and oxygen atoms in total. The molecule has 2 fully saturated rings. The fraction of sp³-hybridized carbons (Fsp3) is 0.414. The van der Waals surface area contributed by atoms with Crippen molar-refractivity contribution in [2.24, 2.45) is 5.73 Å². The van der Waals surface area contributed by atoms with Gasteiger partial charge in [0.1, 0.15) is 28.8 Å². The maximum absolute atomic E-state index is 6.50. The molecule has 2 aliphatic rings. The van der Waals surface area contributed by atoms with Gasteiger partial charge in [-0.15, -0.1) is 0 Å². The zero-order chi connectivity index (χ0) is 26.1. The molecule has 1 aliphatic carbocycles. The number of hydrogen-bond donors (Lipinski definition) is 3. The van der Waals surface area contributed by atoms with Crippen molar-refractivity contribution < 1.29 is 4.74 Å².